The fourth-order valence-corrected chi connectivity index (χ4v) is 2.32. The largest absolute Gasteiger partial charge is 0.492 e. The molecule has 108 valence electrons. The molecule has 0 aliphatic carbocycles. The third-order valence-electron chi connectivity index (χ3n) is 3.40. The van der Waals surface area contributed by atoms with Gasteiger partial charge >= 0.3 is 0 Å². The van der Waals surface area contributed by atoms with Gasteiger partial charge in [0, 0.05) is 37.2 Å². The third kappa shape index (κ3) is 5.30. The molecule has 2 rings (SSSR count). The van der Waals surface area contributed by atoms with Crippen LogP contribution in [0.5, 0.6) is 5.75 Å². The average molecular weight is 350 g/mol. The quantitative estimate of drug-likeness (QED) is 0.831. The molecule has 1 aromatic rings. The van der Waals surface area contributed by atoms with Crippen molar-refractivity contribution in [2.45, 2.75) is 6.92 Å². The van der Waals surface area contributed by atoms with Crippen molar-refractivity contribution >= 4 is 28.3 Å². The molecule has 1 heterocycles. The Bertz CT molecular complexity index is 395. The van der Waals surface area contributed by atoms with Crippen LogP contribution in [0, 0.1) is 6.92 Å². The maximum Gasteiger partial charge on any atom is 0.119 e. The maximum atomic E-state index is 5.80. The minimum absolute atomic E-state index is 0. The Kier molecular flexibility index (Phi) is 7.15. The molecule has 0 N–H and O–H groups in total. The van der Waals surface area contributed by atoms with Crippen LogP contribution in [0.15, 0.2) is 22.7 Å². The van der Waals surface area contributed by atoms with Crippen LogP contribution in [-0.4, -0.2) is 56.2 Å². The molecule has 0 aromatic heterocycles. The van der Waals surface area contributed by atoms with Crippen LogP contribution < -0.4 is 4.74 Å². The van der Waals surface area contributed by atoms with Crippen molar-refractivity contribution < 1.29 is 4.74 Å². The summed E-state index contributed by atoms with van der Waals surface area (Å²) in [5, 5.41) is 0. The molecule has 1 fully saturated rings. The van der Waals surface area contributed by atoms with Gasteiger partial charge in [-0.2, -0.15) is 0 Å². The number of piperazine rings is 1. The predicted octanol–water partition coefficient (Wildman–Crippen LogP) is 2.81. The summed E-state index contributed by atoms with van der Waals surface area (Å²) >= 11 is 3.50. The van der Waals surface area contributed by atoms with E-state index >= 15 is 0 Å². The number of aryl methyl sites for hydroxylation is 1. The van der Waals surface area contributed by atoms with E-state index < -0.39 is 0 Å². The van der Waals surface area contributed by atoms with Crippen LogP contribution in [0.1, 0.15) is 5.56 Å². The Labute approximate surface area is 130 Å². The zero-order chi connectivity index (χ0) is 13.0. The van der Waals surface area contributed by atoms with E-state index in [2.05, 4.69) is 45.8 Å². The summed E-state index contributed by atoms with van der Waals surface area (Å²) in [4.78, 5) is 4.83. The van der Waals surface area contributed by atoms with Crippen molar-refractivity contribution in [2.24, 2.45) is 0 Å². The molecule has 0 spiro atoms. The fourth-order valence-electron chi connectivity index (χ4n) is 2.07. The van der Waals surface area contributed by atoms with Gasteiger partial charge in [-0.1, -0.05) is 15.9 Å². The second kappa shape index (κ2) is 8.10. The van der Waals surface area contributed by atoms with Gasteiger partial charge in [-0.25, -0.2) is 0 Å². The van der Waals surface area contributed by atoms with E-state index in [1.807, 2.05) is 12.1 Å². The first kappa shape index (κ1) is 16.8. The Morgan fingerprint density at radius 1 is 1.21 bits per heavy atom. The lowest BCUT2D eigenvalue weighted by atomic mass is 10.2. The highest BCUT2D eigenvalue weighted by Gasteiger charge is 2.13. The standard InChI is InChI=1S/C14H21BrN2O.ClH/c1-12-11-13(3-4-14(12)15)18-10-9-17-7-5-16(2)6-8-17;/h3-4,11H,5-10H2,1-2H3;1H. The number of hydrogen-bond acceptors (Lipinski definition) is 3. The average Bonchev–Trinajstić information content (AvgIpc) is 2.36. The lowest BCUT2D eigenvalue weighted by Crippen LogP contribution is -2.45. The molecular weight excluding hydrogens is 328 g/mol. The number of halogens is 2. The summed E-state index contributed by atoms with van der Waals surface area (Å²) in [5.41, 5.74) is 1.21. The molecule has 1 aromatic carbocycles. The van der Waals surface area contributed by atoms with E-state index in [4.69, 9.17) is 4.74 Å². The SMILES string of the molecule is Cc1cc(OCCN2CCN(C)CC2)ccc1Br.Cl. The molecule has 19 heavy (non-hydrogen) atoms. The second-order valence-electron chi connectivity index (χ2n) is 4.90. The third-order valence-corrected chi connectivity index (χ3v) is 4.29. The van der Waals surface area contributed by atoms with Crippen molar-refractivity contribution in [2.75, 3.05) is 46.4 Å². The lowest BCUT2D eigenvalue weighted by Gasteiger charge is -2.32. The van der Waals surface area contributed by atoms with E-state index in [0.717, 1.165) is 49.6 Å². The van der Waals surface area contributed by atoms with Gasteiger partial charge < -0.3 is 9.64 Å². The molecular formula is C14H22BrClN2O. The minimum atomic E-state index is 0. The summed E-state index contributed by atoms with van der Waals surface area (Å²) in [7, 11) is 2.18. The van der Waals surface area contributed by atoms with Crippen molar-refractivity contribution in [3.8, 4) is 5.75 Å². The van der Waals surface area contributed by atoms with Gasteiger partial charge in [-0.15, -0.1) is 12.4 Å². The smallest absolute Gasteiger partial charge is 0.119 e. The van der Waals surface area contributed by atoms with Gasteiger partial charge in [0.15, 0.2) is 0 Å². The van der Waals surface area contributed by atoms with Crippen LogP contribution in [-0.2, 0) is 0 Å². The van der Waals surface area contributed by atoms with Crippen LogP contribution in [0.3, 0.4) is 0 Å². The normalized spacial score (nSPS) is 17.0. The topological polar surface area (TPSA) is 15.7 Å². The number of nitrogens with zero attached hydrogens (tertiary/aromatic N) is 2. The number of likely N-dealkylation sites (N-methyl/N-ethyl adjacent to an activating group) is 1. The molecule has 0 unspecified atom stereocenters. The van der Waals surface area contributed by atoms with E-state index in [0.29, 0.717) is 0 Å². The van der Waals surface area contributed by atoms with Crippen molar-refractivity contribution in [3.05, 3.63) is 28.2 Å². The van der Waals surface area contributed by atoms with E-state index in [1.165, 1.54) is 5.56 Å². The van der Waals surface area contributed by atoms with Gasteiger partial charge in [0.25, 0.3) is 0 Å². The first-order valence-electron chi connectivity index (χ1n) is 6.45. The highest BCUT2D eigenvalue weighted by atomic mass is 79.9. The van der Waals surface area contributed by atoms with E-state index in [1.54, 1.807) is 0 Å². The number of rotatable bonds is 4. The first-order valence-corrected chi connectivity index (χ1v) is 7.24. The highest BCUT2D eigenvalue weighted by Crippen LogP contribution is 2.21. The molecule has 1 saturated heterocycles. The summed E-state index contributed by atoms with van der Waals surface area (Å²) in [6.07, 6.45) is 0. The van der Waals surface area contributed by atoms with Gasteiger partial charge in [0.1, 0.15) is 12.4 Å². The summed E-state index contributed by atoms with van der Waals surface area (Å²) < 4.78 is 6.93. The molecule has 1 aliphatic rings. The molecule has 0 radical (unpaired) electrons. The molecule has 5 heteroatoms. The number of hydrogen-bond donors (Lipinski definition) is 0. The van der Waals surface area contributed by atoms with Crippen LogP contribution in [0.4, 0.5) is 0 Å². The molecule has 0 bridgehead atoms. The summed E-state index contributed by atoms with van der Waals surface area (Å²) in [6, 6.07) is 6.13. The second-order valence-corrected chi connectivity index (χ2v) is 5.76. The Hall–Kier alpha value is -0.290. The van der Waals surface area contributed by atoms with Gasteiger partial charge in [-0.05, 0) is 37.7 Å². The van der Waals surface area contributed by atoms with Gasteiger partial charge in [0.2, 0.25) is 0 Å². The highest BCUT2D eigenvalue weighted by molar-refractivity contribution is 9.10. The molecule has 1 aliphatic heterocycles. The predicted molar refractivity (Wildman–Crippen MR) is 85.6 cm³/mol. The van der Waals surface area contributed by atoms with Crippen LogP contribution in [0.2, 0.25) is 0 Å². The first-order chi connectivity index (χ1) is 8.65. The maximum absolute atomic E-state index is 5.80. The zero-order valence-electron chi connectivity index (χ0n) is 11.6. The van der Waals surface area contributed by atoms with Gasteiger partial charge in [-0.3, -0.25) is 4.90 Å². The van der Waals surface area contributed by atoms with Crippen LogP contribution >= 0.6 is 28.3 Å². The lowest BCUT2D eigenvalue weighted by molar-refractivity contribution is 0.133. The zero-order valence-corrected chi connectivity index (χ0v) is 14.0. The fraction of sp³-hybridized carbons (Fsp3) is 0.571. The van der Waals surface area contributed by atoms with Crippen molar-refractivity contribution in [1.82, 2.24) is 9.80 Å². The molecule has 0 saturated carbocycles. The molecule has 3 nitrogen and oxygen atoms in total. The summed E-state index contributed by atoms with van der Waals surface area (Å²) in [6.45, 7) is 8.50. The van der Waals surface area contributed by atoms with E-state index in [-0.39, 0.29) is 12.4 Å². The van der Waals surface area contributed by atoms with E-state index in [9.17, 15) is 0 Å². The molecule has 0 atom stereocenters. The Balaban J connectivity index is 0.00000180. The Morgan fingerprint density at radius 2 is 1.89 bits per heavy atom. The van der Waals surface area contributed by atoms with Crippen molar-refractivity contribution in [3.63, 3.8) is 0 Å². The van der Waals surface area contributed by atoms with Crippen molar-refractivity contribution in [1.29, 1.82) is 0 Å². The number of benzene rings is 1. The monoisotopic (exact) mass is 348 g/mol. The molecule has 0 amide bonds. The van der Waals surface area contributed by atoms with Crippen LogP contribution in [0.25, 0.3) is 0 Å². The minimum Gasteiger partial charge on any atom is -0.492 e. The summed E-state index contributed by atoms with van der Waals surface area (Å²) in [5.74, 6) is 0.963. The number of ether oxygens (including phenoxy) is 1. The van der Waals surface area contributed by atoms with Gasteiger partial charge in [0.05, 0.1) is 0 Å². The Morgan fingerprint density at radius 3 is 2.53 bits per heavy atom.